The second kappa shape index (κ2) is 9.88. The van der Waals surface area contributed by atoms with Gasteiger partial charge in [0.25, 0.3) is 0 Å². The molecule has 0 aliphatic rings. The van der Waals surface area contributed by atoms with Gasteiger partial charge >= 0.3 is 0 Å². The molecule has 1 aromatic heterocycles. The van der Waals surface area contributed by atoms with E-state index in [0.29, 0.717) is 18.2 Å². The number of amides is 1. The largest absolute Gasteiger partial charge is 0.493 e. The van der Waals surface area contributed by atoms with E-state index >= 15 is 0 Å². The number of hydrogen-bond donors (Lipinski definition) is 1. The molecule has 6 nitrogen and oxygen atoms in total. The van der Waals surface area contributed by atoms with Crippen molar-refractivity contribution in [1.29, 1.82) is 0 Å². The first kappa shape index (κ1) is 22.6. The van der Waals surface area contributed by atoms with Crippen LogP contribution in [0.25, 0.3) is 10.8 Å². The second-order valence-electron chi connectivity index (χ2n) is 8.59. The summed E-state index contributed by atoms with van der Waals surface area (Å²) in [5.74, 6) is 0.432. The van der Waals surface area contributed by atoms with E-state index in [9.17, 15) is 4.79 Å². The predicted molar refractivity (Wildman–Crippen MR) is 132 cm³/mol. The first-order valence-corrected chi connectivity index (χ1v) is 11.1. The molecule has 2 atom stereocenters. The number of nitrogens with zero attached hydrogens (tertiary/aromatic N) is 3. The molecule has 0 spiro atoms. The summed E-state index contributed by atoms with van der Waals surface area (Å²) in [6.45, 7) is 2.79. The highest BCUT2D eigenvalue weighted by atomic mass is 16.5. The molecule has 0 saturated carbocycles. The van der Waals surface area contributed by atoms with Gasteiger partial charge in [0.15, 0.2) is 0 Å². The maximum atomic E-state index is 11.2. The van der Waals surface area contributed by atoms with Crippen LogP contribution >= 0.6 is 0 Å². The zero-order valence-electron chi connectivity index (χ0n) is 19.3. The summed E-state index contributed by atoms with van der Waals surface area (Å²) >= 11 is 0. The Hall–Kier alpha value is -3.64. The standard InChI is InChI=1S/C27H30N4O2/c1-19(30(2)3)26(31-14-13-29-18-31)24-9-8-23-17-25(11-10-22(23)16-24)33-15-12-20-4-6-21(7-5-20)27(28)32/h4-11,13-14,16-19,26H,12,15H2,1-3H3,(H2,28,32). The highest BCUT2D eigenvalue weighted by Gasteiger charge is 2.22. The zero-order valence-corrected chi connectivity index (χ0v) is 19.3. The number of rotatable bonds is 9. The lowest BCUT2D eigenvalue weighted by atomic mass is 9.96. The van der Waals surface area contributed by atoms with E-state index in [1.165, 1.54) is 10.9 Å². The van der Waals surface area contributed by atoms with E-state index in [-0.39, 0.29) is 6.04 Å². The lowest BCUT2D eigenvalue weighted by Crippen LogP contribution is -2.34. The molecule has 2 unspecified atom stereocenters. The Morgan fingerprint density at radius 2 is 1.79 bits per heavy atom. The number of nitrogens with two attached hydrogens (primary N) is 1. The number of likely N-dealkylation sites (N-methyl/N-ethyl adjacent to an activating group) is 1. The molecule has 33 heavy (non-hydrogen) atoms. The average molecular weight is 443 g/mol. The molecule has 1 amide bonds. The summed E-state index contributed by atoms with van der Waals surface area (Å²) in [5, 5.41) is 2.32. The van der Waals surface area contributed by atoms with Gasteiger partial charge in [-0.2, -0.15) is 0 Å². The summed E-state index contributed by atoms with van der Waals surface area (Å²) in [6, 6.07) is 20.6. The predicted octanol–water partition coefficient (Wildman–Crippen LogP) is 4.30. The molecule has 6 heteroatoms. The molecule has 4 rings (SSSR count). The molecule has 170 valence electrons. The van der Waals surface area contributed by atoms with Crippen LogP contribution in [0.5, 0.6) is 5.75 Å². The maximum absolute atomic E-state index is 11.2. The van der Waals surface area contributed by atoms with Crippen LogP contribution in [0.4, 0.5) is 0 Å². The number of ether oxygens (including phenoxy) is 1. The van der Waals surface area contributed by atoms with Gasteiger partial charge in [0.05, 0.1) is 19.0 Å². The molecule has 0 bridgehead atoms. The van der Waals surface area contributed by atoms with Gasteiger partial charge in [-0.3, -0.25) is 4.79 Å². The van der Waals surface area contributed by atoms with Gasteiger partial charge in [-0.05, 0) is 73.3 Å². The quantitative estimate of drug-likeness (QED) is 0.420. The molecule has 0 fully saturated rings. The average Bonchev–Trinajstić information content (AvgIpc) is 3.34. The molecule has 2 N–H and O–H groups in total. The molecule has 0 saturated heterocycles. The van der Waals surface area contributed by atoms with Crippen LogP contribution in [0.15, 0.2) is 79.4 Å². The number of carbonyl (C=O) groups is 1. The summed E-state index contributed by atoms with van der Waals surface area (Å²) in [5.41, 5.74) is 8.16. The van der Waals surface area contributed by atoms with Gasteiger partial charge < -0.3 is 19.9 Å². The third kappa shape index (κ3) is 5.23. The zero-order chi connectivity index (χ0) is 23.4. The number of carbonyl (C=O) groups excluding carboxylic acids is 1. The van der Waals surface area contributed by atoms with Gasteiger partial charge in [-0.15, -0.1) is 0 Å². The second-order valence-corrected chi connectivity index (χ2v) is 8.59. The van der Waals surface area contributed by atoms with Crippen molar-refractivity contribution in [2.75, 3.05) is 20.7 Å². The summed E-state index contributed by atoms with van der Waals surface area (Å²) < 4.78 is 8.16. The summed E-state index contributed by atoms with van der Waals surface area (Å²) in [4.78, 5) is 17.7. The highest BCUT2D eigenvalue weighted by Crippen LogP contribution is 2.29. The van der Waals surface area contributed by atoms with Gasteiger partial charge in [0.2, 0.25) is 5.91 Å². The molecule has 4 aromatic rings. The molecule has 0 aliphatic heterocycles. The summed E-state index contributed by atoms with van der Waals surface area (Å²) in [7, 11) is 4.21. The Morgan fingerprint density at radius 1 is 1.06 bits per heavy atom. The van der Waals surface area contributed by atoms with E-state index in [4.69, 9.17) is 10.5 Å². The monoisotopic (exact) mass is 442 g/mol. The molecule has 0 radical (unpaired) electrons. The fourth-order valence-electron chi connectivity index (χ4n) is 4.05. The van der Waals surface area contributed by atoms with Crippen molar-refractivity contribution in [3.05, 3.63) is 96.1 Å². The number of aromatic nitrogens is 2. The van der Waals surface area contributed by atoms with Crippen molar-refractivity contribution >= 4 is 16.7 Å². The first-order valence-electron chi connectivity index (χ1n) is 11.1. The van der Waals surface area contributed by atoms with Crippen LogP contribution in [0.1, 0.15) is 34.5 Å². The number of primary amides is 1. The van der Waals surface area contributed by atoms with Crippen LogP contribution in [-0.2, 0) is 6.42 Å². The molecule has 3 aromatic carbocycles. The van der Waals surface area contributed by atoms with Crippen LogP contribution in [0.3, 0.4) is 0 Å². The van der Waals surface area contributed by atoms with Gasteiger partial charge in [0.1, 0.15) is 5.75 Å². The minimum atomic E-state index is -0.412. The van der Waals surface area contributed by atoms with Crippen molar-refractivity contribution in [3.63, 3.8) is 0 Å². The Bertz CT molecular complexity index is 1220. The Labute approximate surface area is 194 Å². The first-order chi connectivity index (χ1) is 15.9. The lowest BCUT2D eigenvalue weighted by Gasteiger charge is -2.31. The number of hydrogen-bond acceptors (Lipinski definition) is 4. The number of fused-ring (bicyclic) bond motifs is 1. The fraction of sp³-hybridized carbons (Fsp3) is 0.259. The van der Waals surface area contributed by atoms with Crippen molar-refractivity contribution < 1.29 is 9.53 Å². The highest BCUT2D eigenvalue weighted by molar-refractivity contribution is 5.92. The minimum Gasteiger partial charge on any atom is -0.493 e. The minimum absolute atomic E-state index is 0.170. The van der Waals surface area contributed by atoms with Crippen molar-refractivity contribution in [1.82, 2.24) is 14.5 Å². The van der Waals surface area contributed by atoms with Crippen molar-refractivity contribution in [2.45, 2.75) is 25.4 Å². The third-order valence-electron chi connectivity index (χ3n) is 6.19. The SMILES string of the molecule is CC(C(c1ccc2cc(OCCc3ccc(C(N)=O)cc3)ccc2c1)n1ccnc1)N(C)C. The topological polar surface area (TPSA) is 73.4 Å². The van der Waals surface area contributed by atoms with Gasteiger partial charge in [-0.1, -0.05) is 30.3 Å². The normalized spacial score (nSPS) is 13.2. The van der Waals surface area contributed by atoms with E-state index in [1.54, 1.807) is 12.1 Å². The molecule has 1 heterocycles. The van der Waals surface area contributed by atoms with Gasteiger partial charge in [0, 0.05) is 30.4 Å². The van der Waals surface area contributed by atoms with Crippen molar-refractivity contribution in [2.24, 2.45) is 5.73 Å². The van der Waals surface area contributed by atoms with Gasteiger partial charge in [-0.25, -0.2) is 4.98 Å². The van der Waals surface area contributed by atoms with Crippen LogP contribution in [0.2, 0.25) is 0 Å². The smallest absolute Gasteiger partial charge is 0.248 e. The molecular weight excluding hydrogens is 412 g/mol. The third-order valence-corrected chi connectivity index (χ3v) is 6.19. The molecule has 0 aliphatic carbocycles. The Balaban J connectivity index is 1.47. The van der Waals surface area contributed by atoms with Crippen LogP contribution < -0.4 is 10.5 Å². The fourth-order valence-corrected chi connectivity index (χ4v) is 4.05. The van der Waals surface area contributed by atoms with E-state index in [2.05, 4.69) is 65.8 Å². The number of benzene rings is 3. The Kier molecular flexibility index (Phi) is 6.75. The maximum Gasteiger partial charge on any atom is 0.248 e. The van der Waals surface area contributed by atoms with Crippen LogP contribution in [0, 0.1) is 0 Å². The van der Waals surface area contributed by atoms with Crippen LogP contribution in [-0.4, -0.2) is 47.1 Å². The van der Waals surface area contributed by atoms with Crippen molar-refractivity contribution in [3.8, 4) is 5.75 Å². The van der Waals surface area contributed by atoms with E-state index in [1.807, 2.05) is 36.9 Å². The summed E-state index contributed by atoms with van der Waals surface area (Å²) in [6.07, 6.45) is 6.48. The van der Waals surface area contributed by atoms with E-state index < -0.39 is 5.91 Å². The molecular formula is C27H30N4O2. The number of imidazole rings is 1. The van der Waals surface area contributed by atoms with E-state index in [0.717, 1.165) is 23.1 Å². The lowest BCUT2D eigenvalue weighted by molar-refractivity contribution is 0.100. The Morgan fingerprint density at radius 3 is 2.45 bits per heavy atom.